The molecule has 0 saturated heterocycles. The quantitative estimate of drug-likeness (QED) is 0.402. The predicted octanol–water partition coefficient (Wildman–Crippen LogP) is 6.48. The molecule has 2 unspecified atom stereocenters. The van der Waals surface area contributed by atoms with E-state index in [0.29, 0.717) is 5.78 Å². The number of hydrogen-bond acceptors (Lipinski definition) is 2. The smallest absolute Gasteiger partial charge is 0.227 e. The van der Waals surface area contributed by atoms with E-state index in [1.807, 2.05) is 19.9 Å². The molecule has 0 aromatic heterocycles. The molecule has 0 radical (unpaired) electrons. The summed E-state index contributed by atoms with van der Waals surface area (Å²) in [6.45, 7) is 10.3. The highest BCUT2D eigenvalue weighted by Crippen LogP contribution is 2.19. The minimum atomic E-state index is 0.0335. The van der Waals surface area contributed by atoms with Crippen LogP contribution in [-0.4, -0.2) is 11.7 Å². The highest BCUT2D eigenvalue weighted by molar-refractivity contribution is 5.92. The molecule has 1 rings (SSSR count). The van der Waals surface area contributed by atoms with Crippen LogP contribution in [0.3, 0.4) is 0 Å². The Kier molecular flexibility index (Phi) is 11.0. The fraction of sp³-hybridized carbons (Fsp3) is 0.667. The highest BCUT2D eigenvalue weighted by atomic mass is 16.1. The van der Waals surface area contributed by atoms with Gasteiger partial charge in [-0.25, -0.2) is 0 Å². The number of carbonyl (C=O) groups is 2. The molecule has 1 amide bonds. The van der Waals surface area contributed by atoms with Gasteiger partial charge in [0.2, 0.25) is 5.91 Å². The zero-order chi connectivity index (χ0) is 20.2. The van der Waals surface area contributed by atoms with Gasteiger partial charge in [0.05, 0.1) is 0 Å². The molecule has 1 aromatic carbocycles. The molecule has 3 heteroatoms. The fourth-order valence-corrected chi connectivity index (χ4v) is 3.48. The van der Waals surface area contributed by atoms with Crippen LogP contribution in [0, 0.1) is 18.8 Å². The number of ketones is 1. The van der Waals surface area contributed by atoms with Crippen LogP contribution in [-0.2, 0) is 16.0 Å². The molecule has 1 aromatic rings. The molecule has 0 aliphatic carbocycles. The molecule has 3 nitrogen and oxygen atoms in total. The summed E-state index contributed by atoms with van der Waals surface area (Å²) in [5.74, 6) is 0.838. The van der Waals surface area contributed by atoms with Crippen molar-refractivity contribution in [2.45, 2.75) is 92.4 Å². The van der Waals surface area contributed by atoms with E-state index < -0.39 is 0 Å². The summed E-state index contributed by atoms with van der Waals surface area (Å²) in [7, 11) is 0. The monoisotopic (exact) mass is 373 g/mol. The predicted molar refractivity (Wildman–Crippen MR) is 115 cm³/mol. The molecule has 0 aliphatic heterocycles. The number of carbonyl (C=O) groups excluding carboxylic acids is 2. The van der Waals surface area contributed by atoms with Gasteiger partial charge in [-0.1, -0.05) is 46.6 Å². The maximum Gasteiger partial charge on any atom is 0.227 e. The second kappa shape index (κ2) is 12.7. The second-order valence-electron chi connectivity index (χ2n) is 7.93. The standard InChI is InChI=1S/C24H39NO2/c1-6-12-21(8-3)23(26)14-11-9-10-13-20-15-18(4)16-22(17-20)25-24(27)19(5)7-2/h15-17,19,21H,6-14H2,1-5H3,(H,25,27). The van der Waals surface area contributed by atoms with Crippen LogP contribution in [0.25, 0.3) is 0 Å². The van der Waals surface area contributed by atoms with Gasteiger partial charge < -0.3 is 5.32 Å². The molecule has 0 saturated carbocycles. The van der Waals surface area contributed by atoms with Gasteiger partial charge in [-0.05, 0) is 68.7 Å². The summed E-state index contributed by atoms with van der Waals surface area (Å²) in [5.41, 5.74) is 3.33. The van der Waals surface area contributed by atoms with Crippen LogP contribution >= 0.6 is 0 Å². The average molecular weight is 374 g/mol. The van der Waals surface area contributed by atoms with Crippen LogP contribution < -0.4 is 5.32 Å². The van der Waals surface area contributed by atoms with Crippen molar-refractivity contribution < 1.29 is 9.59 Å². The lowest BCUT2D eigenvalue weighted by atomic mass is 9.92. The molecule has 152 valence electrons. The Hall–Kier alpha value is -1.64. The number of unbranched alkanes of at least 4 members (excludes halogenated alkanes) is 2. The molecular weight excluding hydrogens is 334 g/mol. The number of hydrogen-bond donors (Lipinski definition) is 1. The van der Waals surface area contributed by atoms with Crippen molar-refractivity contribution >= 4 is 17.4 Å². The third kappa shape index (κ3) is 8.73. The lowest BCUT2D eigenvalue weighted by Gasteiger charge is -2.13. The van der Waals surface area contributed by atoms with Crippen LogP contribution in [0.1, 0.15) is 90.2 Å². The van der Waals surface area contributed by atoms with Crippen molar-refractivity contribution in [3.63, 3.8) is 0 Å². The number of Topliss-reactive ketones (excluding diaryl/α,β-unsaturated/α-hetero) is 1. The molecule has 2 atom stereocenters. The van der Waals surface area contributed by atoms with Gasteiger partial charge in [0, 0.05) is 23.9 Å². The maximum absolute atomic E-state index is 12.2. The lowest BCUT2D eigenvalue weighted by Crippen LogP contribution is -2.19. The van der Waals surface area contributed by atoms with E-state index in [-0.39, 0.29) is 17.7 Å². The first kappa shape index (κ1) is 23.4. The van der Waals surface area contributed by atoms with E-state index in [4.69, 9.17) is 0 Å². The summed E-state index contributed by atoms with van der Waals surface area (Å²) in [6, 6.07) is 6.31. The van der Waals surface area contributed by atoms with Gasteiger partial charge >= 0.3 is 0 Å². The van der Waals surface area contributed by atoms with Crippen molar-refractivity contribution in [2.24, 2.45) is 11.8 Å². The molecule has 0 heterocycles. The zero-order valence-corrected chi connectivity index (χ0v) is 18.1. The van der Waals surface area contributed by atoms with Crippen LogP contribution in [0.2, 0.25) is 0 Å². The van der Waals surface area contributed by atoms with E-state index in [2.05, 4.69) is 38.2 Å². The van der Waals surface area contributed by atoms with Crippen molar-refractivity contribution in [1.82, 2.24) is 0 Å². The van der Waals surface area contributed by atoms with Crippen molar-refractivity contribution in [1.29, 1.82) is 0 Å². The first-order valence-electron chi connectivity index (χ1n) is 10.8. The van der Waals surface area contributed by atoms with Gasteiger partial charge in [-0.3, -0.25) is 9.59 Å². The lowest BCUT2D eigenvalue weighted by molar-refractivity contribution is -0.123. The molecule has 0 spiro atoms. The SMILES string of the molecule is CCCC(CC)C(=O)CCCCCc1cc(C)cc(NC(=O)C(C)CC)c1. The van der Waals surface area contributed by atoms with E-state index in [9.17, 15) is 9.59 Å². The molecule has 27 heavy (non-hydrogen) atoms. The minimum Gasteiger partial charge on any atom is -0.326 e. The maximum atomic E-state index is 12.2. The van der Waals surface area contributed by atoms with Crippen LogP contribution in [0.4, 0.5) is 5.69 Å². The largest absolute Gasteiger partial charge is 0.326 e. The summed E-state index contributed by atoms with van der Waals surface area (Å²) in [5, 5.41) is 3.04. The van der Waals surface area contributed by atoms with E-state index in [1.54, 1.807) is 0 Å². The topological polar surface area (TPSA) is 46.2 Å². The Labute approximate surface area is 166 Å². The Bertz CT molecular complexity index is 594. The first-order chi connectivity index (χ1) is 12.9. The van der Waals surface area contributed by atoms with Gasteiger partial charge in [-0.15, -0.1) is 0 Å². The van der Waals surface area contributed by atoms with Crippen LogP contribution in [0.15, 0.2) is 18.2 Å². The van der Waals surface area contributed by atoms with Gasteiger partial charge in [-0.2, -0.15) is 0 Å². The summed E-state index contributed by atoms with van der Waals surface area (Å²) in [6.07, 6.45) is 8.81. The first-order valence-corrected chi connectivity index (χ1v) is 10.8. The summed E-state index contributed by atoms with van der Waals surface area (Å²) < 4.78 is 0. The molecular formula is C24H39NO2. The highest BCUT2D eigenvalue weighted by Gasteiger charge is 2.14. The Balaban J connectivity index is 2.44. The Morgan fingerprint density at radius 2 is 1.74 bits per heavy atom. The van der Waals surface area contributed by atoms with Crippen molar-refractivity contribution in [3.8, 4) is 0 Å². The normalized spacial score (nSPS) is 13.2. The number of benzene rings is 1. The third-order valence-corrected chi connectivity index (χ3v) is 5.44. The Morgan fingerprint density at radius 3 is 2.37 bits per heavy atom. The number of nitrogens with one attached hydrogen (secondary N) is 1. The number of amides is 1. The fourth-order valence-electron chi connectivity index (χ4n) is 3.48. The summed E-state index contributed by atoms with van der Waals surface area (Å²) >= 11 is 0. The van der Waals surface area contributed by atoms with Crippen molar-refractivity contribution in [2.75, 3.05) is 5.32 Å². The van der Waals surface area contributed by atoms with Crippen LogP contribution in [0.5, 0.6) is 0 Å². The van der Waals surface area contributed by atoms with E-state index in [0.717, 1.165) is 63.5 Å². The zero-order valence-electron chi connectivity index (χ0n) is 18.1. The Morgan fingerprint density at radius 1 is 1.00 bits per heavy atom. The summed E-state index contributed by atoms with van der Waals surface area (Å²) in [4.78, 5) is 24.3. The average Bonchev–Trinajstić information content (AvgIpc) is 2.64. The molecule has 0 aliphatic rings. The van der Waals surface area contributed by atoms with E-state index >= 15 is 0 Å². The minimum absolute atomic E-state index is 0.0335. The van der Waals surface area contributed by atoms with Gasteiger partial charge in [0.25, 0.3) is 0 Å². The third-order valence-electron chi connectivity index (χ3n) is 5.44. The molecule has 0 bridgehead atoms. The number of anilines is 1. The molecule has 1 N–H and O–H groups in total. The van der Waals surface area contributed by atoms with E-state index in [1.165, 1.54) is 11.1 Å². The second-order valence-corrected chi connectivity index (χ2v) is 7.93. The number of aryl methyl sites for hydroxylation is 2. The molecule has 0 fully saturated rings. The van der Waals surface area contributed by atoms with Gasteiger partial charge in [0.1, 0.15) is 5.78 Å². The van der Waals surface area contributed by atoms with Gasteiger partial charge in [0.15, 0.2) is 0 Å². The number of rotatable bonds is 13. The van der Waals surface area contributed by atoms with Crippen molar-refractivity contribution in [3.05, 3.63) is 29.3 Å².